The Labute approximate surface area is 163 Å². The number of carbonyl (C=O) groups excluding carboxylic acids is 1. The summed E-state index contributed by atoms with van der Waals surface area (Å²) in [5.41, 5.74) is 1.06. The third-order valence-corrected chi connectivity index (χ3v) is 4.18. The van der Waals surface area contributed by atoms with Crippen molar-refractivity contribution in [3.8, 4) is 0 Å². The topological polar surface area (TPSA) is 79.8 Å². The first-order valence-corrected chi connectivity index (χ1v) is 9.31. The van der Waals surface area contributed by atoms with Crippen LogP contribution >= 0.6 is 23.2 Å². The van der Waals surface area contributed by atoms with Gasteiger partial charge in [0.05, 0.1) is 0 Å². The minimum Gasteiger partial charge on any atom is -0.347 e. The molecule has 0 aliphatic heterocycles. The van der Waals surface area contributed by atoms with Crippen molar-refractivity contribution in [1.29, 1.82) is 0 Å². The summed E-state index contributed by atoms with van der Waals surface area (Å²) >= 11 is 11.5. The van der Waals surface area contributed by atoms with E-state index in [1.807, 2.05) is 13.8 Å². The van der Waals surface area contributed by atoms with Gasteiger partial charge in [-0.1, -0.05) is 26.2 Å². The lowest BCUT2D eigenvalue weighted by Gasteiger charge is -2.26. The molecule has 0 fully saturated rings. The van der Waals surface area contributed by atoms with Crippen molar-refractivity contribution in [3.05, 3.63) is 40.4 Å². The van der Waals surface area contributed by atoms with Crippen LogP contribution in [0.5, 0.6) is 0 Å². The van der Waals surface area contributed by atoms with Gasteiger partial charge in [0.1, 0.15) is 0 Å². The molecule has 0 unspecified atom stereocenters. The van der Waals surface area contributed by atoms with Crippen molar-refractivity contribution in [2.24, 2.45) is 0 Å². The molecule has 0 aliphatic carbocycles. The molecule has 0 atom stereocenters. The molecule has 2 N–H and O–H groups in total. The number of anilines is 2. The second kappa shape index (κ2) is 9.14. The molecule has 2 aromatic rings. The van der Waals surface area contributed by atoms with Crippen LogP contribution in [0.25, 0.3) is 0 Å². The molecule has 0 spiro atoms. The zero-order valence-corrected chi connectivity index (χ0v) is 16.7. The Morgan fingerprint density at radius 3 is 2.23 bits per heavy atom. The molecule has 2 rings (SSSR count). The molecule has 26 heavy (non-hydrogen) atoms. The van der Waals surface area contributed by atoms with Crippen LogP contribution in [0, 0.1) is 0 Å². The number of unbranched alkanes of at least 4 members (excludes halogenated alkanes) is 2. The first-order valence-electron chi connectivity index (χ1n) is 8.56. The van der Waals surface area contributed by atoms with Crippen LogP contribution in [-0.2, 0) is 0 Å². The highest BCUT2D eigenvalue weighted by molar-refractivity contribution is 6.31. The maximum Gasteiger partial charge on any atom is 0.251 e. The number of carbonyl (C=O) groups is 1. The van der Waals surface area contributed by atoms with E-state index < -0.39 is 0 Å². The maximum absolute atomic E-state index is 12.5. The Balaban J connectivity index is 1.98. The maximum atomic E-state index is 12.5. The average molecular weight is 396 g/mol. The molecule has 0 saturated carbocycles. The third-order valence-electron chi connectivity index (χ3n) is 3.84. The predicted octanol–water partition coefficient (Wildman–Crippen LogP) is 5.01. The van der Waals surface area contributed by atoms with Gasteiger partial charge >= 0.3 is 0 Å². The van der Waals surface area contributed by atoms with E-state index in [0.29, 0.717) is 11.3 Å². The fourth-order valence-corrected chi connectivity index (χ4v) is 2.84. The summed E-state index contributed by atoms with van der Waals surface area (Å²) in [5.74, 6) is 0.147. The van der Waals surface area contributed by atoms with E-state index in [1.165, 1.54) is 6.42 Å². The number of rotatable bonds is 8. The largest absolute Gasteiger partial charge is 0.347 e. The number of aromatic nitrogens is 3. The first-order chi connectivity index (χ1) is 12.3. The summed E-state index contributed by atoms with van der Waals surface area (Å²) in [4.78, 5) is 24.0. The highest BCUT2D eigenvalue weighted by atomic mass is 35.5. The van der Waals surface area contributed by atoms with E-state index in [2.05, 4.69) is 32.5 Å². The van der Waals surface area contributed by atoms with E-state index in [1.54, 1.807) is 24.3 Å². The molecular formula is C18H23Cl2N5O. The Bertz CT molecular complexity index is 729. The smallest absolute Gasteiger partial charge is 0.251 e. The minimum atomic E-state index is -0.235. The number of hydrogen-bond acceptors (Lipinski definition) is 5. The van der Waals surface area contributed by atoms with E-state index in [4.69, 9.17) is 23.2 Å². The summed E-state index contributed by atoms with van der Waals surface area (Å²) in [7, 11) is 0. The average Bonchev–Trinajstić information content (AvgIpc) is 2.54. The van der Waals surface area contributed by atoms with Gasteiger partial charge in [0, 0.05) is 16.8 Å². The zero-order valence-electron chi connectivity index (χ0n) is 15.1. The molecule has 6 nitrogen and oxygen atoms in total. The van der Waals surface area contributed by atoms with Crippen LogP contribution in [0.2, 0.25) is 10.6 Å². The predicted molar refractivity (Wildman–Crippen MR) is 105 cm³/mol. The zero-order chi connectivity index (χ0) is 19.2. The minimum absolute atomic E-state index is 0.00815. The Kier molecular flexibility index (Phi) is 7.17. The van der Waals surface area contributed by atoms with Crippen molar-refractivity contribution in [2.45, 2.75) is 52.0 Å². The molecule has 0 saturated heterocycles. The Hall–Kier alpha value is -1.92. The third kappa shape index (κ3) is 6.42. The standard InChI is InChI=1S/C18H23Cl2N5O/c1-4-5-6-11-18(2,3)25-14(26)12-7-9-13(10-8-12)21-17-23-15(19)22-16(20)24-17/h7-10H,4-6,11H2,1-3H3,(H,25,26)(H,21,22,23,24). The Morgan fingerprint density at radius 1 is 1.04 bits per heavy atom. The summed E-state index contributed by atoms with van der Waals surface area (Å²) in [6, 6.07) is 7.02. The van der Waals surface area contributed by atoms with Gasteiger partial charge in [0.25, 0.3) is 5.91 Å². The molecule has 1 amide bonds. The van der Waals surface area contributed by atoms with Crippen molar-refractivity contribution in [3.63, 3.8) is 0 Å². The van der Waals surface area contributed by atoms with Crippen molar-refractivity contribution in [1.82, 2.24) is 20.3 Å². The fraction of sp³-hybridized carbons (Fsp3) is 0.444. The molecule has 1 aromatic carbocycles. The summed E-state index contributed by atoms with van der Waals surface area (Å²) in [6.45, 7) is 6.26. The highest BCUT2D eigenvalue weighted by Gasteiger charge is 2.20. The van der Waals surface area contributed by atoms with Crippen molar-refractivity contribution in [2.75, 3.05) is 5.32 Å². The van der Waals surface area contributed by atoms with Gasteiger partial charge in [-0.2, -0.15) is 15.0 Å². The number of amides is 1. The summed E-state index contributed by atoms with van der Waals surface area (Å²) < 4.78 is 0. The molecule has 0 aliphatic rings. The van der Waals surface area contributed by atoms with E-state index >= 15 is 0 Å². The van der Waals surface area contributed by atoms with Crippen LogP contribution < -0.4 is 10.6 Å². The van der Waals surface area contributed by atoms with E-state index in [9.17, 15) is 4.79 Å². The van der Waals surface area contributed by atoms with Gasteiger partial charge in [-0.05, 0) is 67.7 Å². The normalized spacial score (nSPS) is 11.3. The SMILES string of the molecule is CCCCCC(C)(C)NC(=O)c1ccc(Nc2nc(Cl)nc(Cl)n2)cc1. The van der Waals surface area contributed by atoms with Gasteiger partial charge in [0.2, 0.25) is 16.5 Å². The van der Waals surface area contributed by atoms with E-state index in [-0.39, 0.29) is 28.0 Å². The lowest BCUT2D eigenvalue weighted by molar-refractivity contribution is 0.0908. The van der Waals surface area contributed by atoms with Gasteiger partial charge < -0.3 is 10.6 Å². The van der Waals surface area contributed by atoms with E-state index in [0.717, 1.165) is 19.3 Å². The van der Waals surface area contributed by atoms with Crippen LogP contribution in [-0.4, -0.2) is 26.4 Å². The molecule has 140 valence electrons. The molecule has 1 aromatic heterocycles. The molecule has 1 heterocycles. The van der Waals surface area contributed by atoms with Gasteiger partial charge in [-0.3, -0.25) is 4.79 Å². The van der Waals surface area contributed by atoms with Crippen LogP contribution in [0.1, 0.15) is 56.8 Å². The van der Waals surface area contributed by atoms with Gasteiger partial charge in [-0.25, -0.2) is 0 Å². The monoisotopic (exact) mass is 395 g/mol. The van der Waals surface area contributed by atoms with Crippen LogP contribution in [0.15, 0.2) is 24.3 Å². The van der Waals surface area contributed by atoms with Gasteiger partial charge in [-0.15, -0.1) is 0 Å². The number of nitrogens with zero attached hydrogens (tertiary/aromatic N) is 3. The highest BCUT2D eigenvalue weighted by Crippen LogP contribution is 2.18. The number of benzene rings is 1. The number of nitrogens with one attached hydrogen (secondary N) is 2. The second-order valence-corrected chi connectivity index (χ2v) is 7.37. The summed E-state index contributed by atoms with van der Waals surface area (Å²) in [5, 5.41) is 6.08. The quantitative estimate of drug-likeness (QED) is 0.613. The summed E-state index contributed by atoms with van der Waals surface area (Å²) in [6.07, 6.45) is 4.39. The first kappa shape index (κ1) is 20.4. The molecule has 8 heteroatoms. The molecule has 0 bridgehead atoms. The van der Waals surface area contributed by atoms with Gasteiger partial charge in [0.15, 0.2) is 0 Å². The van der Waals surface area contributed by atoms with Crippen LogP contribution in [0.3, 0.4) is 0 Å². The fourth-order valence-electron chi connectivity index (χ4n) is 2.47. The molecule has 0 radical (unpaired) electrons. The lowest BCUT2D eigenvalue weighted by Crippen LogP contribution is -2.43. The lowest BCUT2D eigenvalue weighted by atomic mass is 9.96. The van der Waals surface area contributed by atoms with Crippen molar-refractivity contribution < 1.29 is 4.79 Å². The van der Waals surface area contributed by atoms with Crippen LogP contribution in [0.4, 0.5) is 11.6 Å². The number of halogens is 2. The molecular weight excluding hydrogens is 373 g/mol. The van der Waals surface area contributed by atoms with Crippen molar-refractivity contribution >= 4 is 40.7 Å². The Morgan fingerprint density at radius 2 is 1.65 bits per heavy atom. The number of hydrogen-bond donors (Lipinski definition) is 2. The second-order valence-electron chi connectivity index (χ2n) is 6.69.